The fourth-order valence-electron chi connectivity index (χ4n) is 0.603. The van der Waals surface area contributed by atoms with Crippen molar-refractivity contribution in [3.63, 3.8) is 0 Å². The summed E-state index contributed by atoms with van der Waals surface area (Å²) in [7, 11) is 0. The molecule has 0 saturated heterocycles. The number of nitrogens with one attached hydrogen (secondary N) is 2. The number of guanidine groups is 1. The molecule has 0 unspecified atom stereocenters. The molecule has 0 saturated carbocycles. The lowest BCUT2D eigenvalue weighted by atomic mass is 10.4. The zero-order valence-corrected chi connectivity index (χ0v) is 7.46. The van der Waals surface area contributed by atoms with Gasteiger partial charge in [0.05, 0.1) is 6.54 Å². The Bertz CT molecular complexity index is 200. The molecule has 4 heteroatoms. The molecule has 0 bridgehead atoms. The van der Waals surface area contributed by atoms with Gasteiger partial charge in [0, 0.05) is 6.04 Å². The molecule has 0 fully saturated rings. The summed E-state index contributed by atoms with van der Waals surface area (Å²) in [6, 6.07) is 0.259. The molecule has 66 valence electrons. The van der Waals surface area contributed by atoms with E-state index in [1.807, 2.05) is 13.8 Å². The third-order valence-electron chi connectivity index (χ3n) is 0.978. The second-order valence-corrected chi connectivity index (χ2v) is 2.51. The van der Waals surface area contributed by atoms with E-state index in [4.69, 9.17) is 5.26 Å². The highest BCUT2D eigenvalue weighted by Crippen LogP contribution is 1.78. The summed E-state index contributed by atoms with van der Waals surface area (Å²) in [5, 5.41) is 13.8. The van der Waals surface area contributed by atoms with Crippen LogP contribution in [0.25, 0.3) is 0 Å². The summed E-state index contributed by atoms with van der Waals surface area (Å²) in [5.74, 6) is 0.493. The van der Waals surface area contributed by atoms with Crippen molar-refractivity contribution in [3.05, 3.63) is 12.7 Å². The van der Waals surface area contributed by atoms with E-state index in [2.05, 4.69) is 22.2 Å². The zero-order chi connectivity index (χ0) is 9.40. The maximum absolute atomic E-state index is 8.34. The Balaban J connectivity index is 4.03. The lowest BCUT2D eigenvalue weighted by Gasteiger charge is -2.09. The number of aliphatic imine (C=N–C) groups is 1. The third kappa shape index (κ3) is 5.30. The zero-order valence-electron chi connectivity index (χ0n) is 7.46. The lowest BCUT2D eigenvalue weighted by Crippen LogP contribution is -2.38. The highest BCUT2D eigenvalue weighted by molar-refractivity contribution is 5.81. The minimum Gasteiger partial charge on any atom is -0.353 e. The first-order chi connectivity index (χ1) is 5.70. The number of rotatable bonds is 3. The molecule has 0 rings (SSSR count). The minimum atomic E-state index is 0.259. The van der Waals surface area contributed by atoms with Crippen molar-refractivity contribution in [1.82, 2.24) is 10.6 Å². The number of hydrogen-bond acceptors (Lipinski definition) is 2. The van der Waals surface area contributed by atoms with E-state index in [0.29, 0.717) is 12.5 Å². The summed E-state index contributed by atoms with van der Waals surface area (Å²) in [6.45, 7) is 7.98. The predicted octanol–water partition coefficient (Wildman–Crippen LogP) is 0.597. The highest BCUT2D eigenvalue weighted by atomic mass is 15.2. The largest absolute Gasteiger partial charge is 0.353 e. The van der Waals surface area contributed by atoms with Gasteiger partial charge in [0.2, 0.25) is 5.96 Å². The molecule has 0 aromatic heterocycles. The fraction of sp³-hybridized carbons (Fsp3) is 0.500. The van der Waals surface area contributed by atoms with Crippen LogP contribution in [0.4, 0.5) is 0 Å². The normalized spacial score (nSPS) is 10.7. The molecule has 0 aliphatic heterocycles. The van der Waals surface area contributed by atoms with Crippen molar-refractivity contribution in [2.75, 3.05) is 6.54 Å². The summed E-state index contributed by atoms with van der Waals surface area (Å²) in [5.41, 5.74) is 0. The van der Waals surface area contributed by atoms with E-state index in [9.17, 15) is 0 Å². The Hall–Kier alpha value is -1.50. The van der Waals surface area contributed by atoms with Gasteiger partial charge in [-0.3, -0.25) is 5.32 Å². The SMILES string of the molecule is C=CCN=C(NC#N)NC(C)C. The van der Waals surface area contributed by atoms with Crippen molar-refractivity contribution < 1.29 is 0 Å². The van der Waals surface area contributed by atoms with Gasteiger partial charge in [-0.15, -0.1) is 6.58 Å². The average molecular weight is 166 g/mol. The Morgan fingerprint density at radius 1 is 1.75 bits per heavy atom. The number of hydrogen-bond donors (Lipinski definition) is 2. The van der Waals surface area contributed by atoms with E-state index >= 15 is 0 Å². The molecule has 0 aliphatic rings. The maximum atomic E-state index is 8.34. The first-order valence-corrected chi connectivity index (χ1v) is 3.77. The predicted molar refractivity (Wildman–Crippen MR) is 49.5 cm³/mol. The van der Waals surface area contributed by atoms with Crippen LogP contribution in [-0.4, -0.2) is 18.5 Å². The van der Waals surface area contributed by atoms with Gasteiger partial charge in [0.25, 0.3) is 0 Å². The van der Waals surface area contributed by atoms with Gasteiger partial charge in [-0.05, 0) is 13.8 Å². The Morgan fingerprint density at radius 2 is 2.42 bits per heavy atom. The molecule has 2 N–H and O–H groups in total. The van der Waals surface area contributed by atoms with Gasteiger partial charge in [0.15, 0.2) is 6.19 Å². The second-order valence-electron chi connectivity index (χ2n) is 2.51. The van der Waals surface area contributed by atoms with Crippen LogP contribution in [0.1, 0.15) is 13.8 Å². The summed E-state index contributed by atoms with van der Waals surface area (Å²) in [4.78, 5) is 4.03. The first kappa shape index (κ1) is 10.5. The molecular weight excluding hydrogens is 152 g/mol. The van der Waals surface area contributed by atoms with Gasteiger partial charge in [-0.1, -0.05) is 6.08 Å². The maximum Gasteiger partial charge on any atom is 0.205 e. The van der Waals surface area contributed by atoms with Gasteiger partial charge in [0.1, 0.15) is 0 Å². The van der Waals surface area contributed by atoms with Crippen molar-refractivity contribution in [3.8, 4) is 6.19 Å². The molecular formula is C8H14N4. The molecule has 4 nitrogen and oxygen atoms in total. The van der Waals surface area contributed by atoms with E-state index in [1.54, 1.807) is 12.3 Å². The lowest BCUT2D eigenvalue weighted by molar-refractivity contribution is 0.717. The van der Waals surface area contributed by atoms with Gasteiger partial charge in [-0.2, -0.15) is 5.26 Å². The molecule has 0 atom stereocenters. The quantitative estimate of drug-likeness (QED) is 0.212. The van der Waals surface area contributed by atoms with E-state index < -0.39 is 0 Å². The van der Waals surface area contributed by atoms with Crippen molar-refractivity contribution in [2.24, 2.45) is 4.99 Å². The minimum absolute atomic E-state index is 0.259. The summed E-state index contributed by atoms with van der Waals surface area (Å²) < 4.78 is 0. The van der Waals surface area contributed by atoms with Gasteiger partial charge < -0.3 is 5.32 Å². The van der Waals surface area contributed by atoms with Gasteiger partial charge in [-0.25, -0.2) is 4.99 Å². The Morgan fingerprint density at radius 3 is 2.83 bits per heavy atom. The number of nitrogens with zero attached hydrogens (tertiary/aromatic N) is 2. The highest BCUT2D eigenvalue weighted by Gasteiger charge is 1.97. The summed E-state index contributed by atoms with van der Waals surface area (Å²) in [6.07, 6.45) is 3.47. The Kier molecular flexibility index (Phi) is 5.45. The average Bonchev–Trinajstić information content (AvgIpc) is 2.00. The van der Waals surface area contributed by atoms with Crippen molar-refractivity contribution >= 4 is 5.96 Å². The molecule has 0 heterocycles. The smallest absolute Gasteiger partial charge is 0.205 e. The first-order valence-electron chi connectivity index (χ1n) is 3.77. The molecule has 12 heavy (non-hydrogen) atoms. The van der Waals surface area contributed by atoms with Crippen LogP contribution in [-0.2, 0) is 0 Å². The van der Waals surface area contributed by atoms with Crippen LogP contribution >= 0.6 is 0 Å². The molecule has 0 amide bonds. The van der Waals surface area contributed by atoms with Crippen molar-refractivity contribution in [1.29, 1.82) is 5.26 Å². The number of nitriles is 1. The molecule has 0 radical (unpaired) electrons. The molecule has 0 aromatic rings. The van der Waals surface area contributed by atoms with Crippen LogP contribution in [0, 0.1) is 11.5 Å². The van der Waals surface area contributed by atoms with Crippen LogP contribution in [0.15, 0.2) is 17.6 Å². The van der Waals surface area contributed by atoms with E-state index in [-0.39, 0.29) is 6.04 Å². The van der Waals surface area contributed by atoms with Crippen LogP contribution in [0.3, 0.4) is 0 Å². The van der Waals surface area contributed by atoms with Gasteiger partial charge >= 0.3 is 0 Å². The fourth-order valence-corrected chi connectivity index (χ4v) is 0.603. The van der Waals surface area contributed by atoms with Crippen molar-refractivity contribution in [2.45, 2.75) is 19.9 Å². The standard InChI is InChI=1S/C8H14N4/c1-4-5-10-8(11-6-9)12-7(2)3/h4,7H,1,5H2,2-3H3,(H2,10,11,12). The second kappa shape index (κ2) is 6.23. The summed E-state index contributed by atoms with van der Waals surface area (Å²) >= 11 is 0. The van der Waals surface area contributed by atoms with Crippen LogP contribution in [0.2, 0.25) is 0 Å². The molecule has 0 aromatic carbocycles. The van der Waals surface area contributed by atoms with E-state index in [0.717, 1.165) is 0 Å². The van der Waals surface area contributed by atoms with Crippen LogP contribution < -0.4 is 10.6 Å². The monoisotopic (exact) mass is 166 g/mol. The van der Waals surface area contributed by atoms with E-state index in [1.165, 1.54) is 0 Å². The third-order valence-corrected chi connectivity index (χ3v) is 0.978. The topological polar surface area (TPSA) is 60.2 Å². The molecule has 0 spiro atoms. The molecule has 0 aliphatic carbocycles. The Labute approximate surface area is 73.0 Å². The van der Waals surface area contributed by atoms with Crippen LogP contribution in [0.5, 0.6) is 0 Å².